The molecule has 3 aromatic rings. The number of benzene rings is 2. The van der Waals surface area contributed by atoms with E-state index in [0.717, 1.165) is 71.3 Å². The summed E-state index contributed by atoms with van der Waals surface area (Å²) in [5, 5.41) is 0.979. The summed E-state index contributed by atoms with van der Waals surface area (Å²) in [6, 6.07) is 16.3. The first kappa shape index (κ1) is 28.4. The second-order valence-corrected chi connectivity index (χ2v) is 13.9. The highest BCUT2D eigenvalue weighted by atomic mass is 35.5. The SMILES string of the molecule is CC(CCCOS(C)(=O)=O)Sc1ccc(Cl)c(COC2(c3cnccc3-c3ccccc3OC3CC3)CC2)c1. The van der Waals surface area contributed by atoms with E-state index in [2.05, 4.69) is 30.1 Å². The third kappa shape index (κ3) is 7.76. The number of para-hydroxylation sites is 1. The summed E-state index contributed by atoms with van der Waals surface area (Å²) < 4.78 is 40.0. The summed E-state index contributed by atoms with van der Waals surface area (Å²) in [6.45, 7) is 2.74. The van der Waals surface area contributed by atoms with Crippen molar-refractivity contribution in [1.29, 1.82) is 0 Å². The Morgan fingerprint density at radius 1 is 1.13 bits per heavy atom. The summed E-state index contributed by atoms with van der Waals surface area (Å²) in [5.41, 5.74) is 3.81. The van der Waals surface area contributed by atoms with Crippen LogP contribution in [0.4, 0.5) is 0 Å². The van der Waals surface area contributed by atoms with Crippen LogP contribution in [-0.4, -0.2) is 37.6 Å². The summed E-state index contributed by atoms with van der Waals surface area (Å²) in [4.78, 5) is 5.56. The molecule has 0 amide bonds. The fourth-order valence-electron chi connectivity index (χ4n) is 4.58. The van der Waals surface area contributed by atoms with Crippen LogP contribution in [0.15, 0.2) is 65.8 Å². The third-order valence-electron chi connectivity index (χ3n) is 6.92. The zero-order chi connectivity index (χ0) is 27.5. The lowest BCUT2D eigenvalue weighted by molar-refractivity contribution is 0.0173. The Hall–Kier alpha value is -2.10. The van der Waals surface area contributed by atoms with Gasteiger partial charge in [-0.2, -0.15) is 8.42 Å². The van der Waals surface area contributed by atoms with Gasteiger partial charge in [-0.15, -0.1) is 11.8 Å². The number of rotatable bonds is 14. The van der Waals surface area contributed by atoms with Crippen LogP contribution >= 0.6 is 23.4 Å². The predicted octanol–water partition coefficient (Wildman–Crippen LogP) is 7.39. The maximum Gasteiger partial charge on any atom is 0.264 e. The number of hydrogen-bond donors (Lipinski definition) is 0. The van der Waals surface area contributed by atoms with Crippen LogP contribution in [0.3, 0.4) is 0 Å². The molecule has 0 radical (unpaired) electrons. The number of thioether (sulfide) groups is 1. The van der Waals surface area contributed by atoms with Gasteiger partial charge >= 0.3 is 0 Å². The van der Waals surface area contributed by atoms with Gasteiger partial charge in [0.05, 0.1) is 31.2 Å². The molecule has 0 saturated heterocycles. The zero-order valence-electron chi connectivity index (χ0n) is 22.3. The van der Waals surface area contributed by atoms with E-state index >= 15 is 0 Å². The number of pyridine rings is 1. The second kappa shape index (κ2) is 12.2. The third-order valence-corrected chi connectivity index (χ3v) is 9.05. The molecule has 2 aromatic carbocycles. The Morgan fingerprint density at radius 2 is 1.92 bits per heavy atom. The maximum atomic E-state index is 11.1. The standard InChI is InChI=1S/C30H34ClNO5S2/c1-21(6-5-17-36-39(2,33)34)38-24-11-12-28(31)22(18-24)20-35-30(14-15-30)27-19-32-16-13-25(27)26-7-3-4-8-29(26)37-23-9-10-23/h3-4,7-8,11-13,16,18-19,21,23H,5-6,9-10,14-15,17,20H2,1-2H3. The first-order valence-corrected chi connectivity index (χ1v) is 16.4. The monoisotopic (exact) mass is 587 g/mol. The lowest BCUT2D eigenvalue weighted by atomic mass is 9.96. The lowest BCUT2D eigenvalue weighted by Crippen LogP contribution is -2.14. The van der Waals surface area contributed by atoms with E-state index in [9.17, 15) is 8.42 Å². The van der Waals surface area contributed by atoms with E-state index in [4.69, 9.17) is 25.3 Å². The molecule has 5 rings (SSSR count). The van der Waals surface area contributed by atoms with Crippen molar-refractivity contribution in [1.82, 2.24) is 4.98 Å². The fraction of sp³-hybridized carbons (Fsp3) is 0.433. The van der Waals surface area contributed by atoms with Crippen molar-refractivity contribution < 1.29 is 22.1 Å². The van der Waals surface area contributed by atoms with Gasteiger partial charge in [-0.05, 0) is 80.0 Å². The topological polar surface area (TPSA) is 74.7 Å². The van der Waals surface area contributed by atoms with Crippen molar-refractivity contribution >= 4 is 33.5 Å². The minimum atomic E-state index is -3.39. The van der Waals surface area contributed by atoms with Gasteiger partial charge in [-0.1, -0.05) is 36.7 Å². The van der Waals surface area contributed by atoms with Crippen molar-refractivity contribution in [2.24, 2.45) is 0 Å². The quantitative estimate of drug-likeness (QED) is 0.111. The number of nitrogens with zero attached hydrogens (tertiary/aromatic N) is 1. The minimum Gasteiger partial charge on any atom is -0.490 e. The fourth-order valence-corrected chi connectivity index (χ4v) is 6.28. The molecule has 208 valence electrons. The molecule has 1 aromatic heterocycles. The largest absolute Gasteiger partial charge is 0.490 e. The van der Waals surface area contributed by atoms with E-state index in [1.807, 2.05) is 42.7 Å². The second-order valence-electron chi connectivity index (χ2n) is 10.4. The summed E-state index contributed by atoms with van der Waals surface area (Å²) >= 11 is 8.32. The first-order valence-electron chi connectivity index (χ1n) is 13.4. The Bertz CT molecular complexity index is 1410. The molecule has 1 unspecified atom stereocenters. The Balaban J connectivity index is 1.26. The van der Waals surface area contributed by atoms with E-state index < -0.39 is 15.7 Å². The average molecular weight is 588 g/mol. The molecule has 0 N–H and O–H groups in total. The molecule has 1 atom stereocenters. The van der Waals surface area contributed by atoms with Gasteiger partial charge in [0.25, 0.3) is 10.1 Å². The Morgan fingerprint density at radius 3 is 2.67 bits per heavy atom. The normalized spacial score (nSPS) is 17.1. The van der Waals surface area contributed by atoms with Gasteiger partial charge in [0, 0.05) is 38.7 Å². The number of halogens is 1. The van der Waals surface area contributed by atoms with Gasteiger partial charge < -0.3 is 9.47 Å². The highest BCUT2D eigenvalue weighted by Crippen LogP contribution is 2.53. The zero-order valence-corrected chi connectivity index (χ0v) is 24.7. The van der Waals surface area contributed by atoms with E-state index in [-0.39, 0.29) is 6.61 Å². The van der Waals surface area contributed by atoms with Crippen LogP contribution in [0, 0.1) is 0 Å². The summed E-state index contributed by atoms with van der Waals surface area (Å²) in [7, 11) is -3.39. The van der Waals surface area contributed by atoms with Crippen molar-refractivity contribution in [3.05, 3.63) is 77.1 Å². The smallest absolute Gasteiger partial charge is 0.264 e. The average Bonchev–Trinajstić information content (AvgIpc) is 3.84. The molecule has 2 saturated carbocycles. The summed E-state index contributed by atoms with van der Waals surface area (Å²) in [5.74, 6) is 0.910. The minimum absolute atomic E-state index is 0.207. The number of aromatic nitrogens is 1. The van der Waals surface area contributed by atoms with Crippen molar-refractivity contribution in [3.63, 3.8) is 0 Å². The molecule has 0 bridgehead atoms. The highest BCUT2D eigenvalue weighted by Gasteiger charge is 2.47. The number of ether oxygens (including phenoxy) is 2. The van der Waals surface area contributed by atoms with Gasteiger partial charge in [0.15, 0.2) is 0 Å². The van der Waals surface area contributed by atoms with Crippen LogP contribution in [0.2, 0.25) is 5.02 Å². The molecular weight excluding hydrogens is 554 g/mol. The molecule has 1 heterocycles. The van der Waals surface area contributed by atoms with Gasteiger partial charge in [-0.3, -0.25) is 9.17 Å². The lowest BCUT2D eigenvalue weighted by Gasteiger charge is -2.22. The van der Waals surface area contributed by atoms with E-state index in [0.29, 0.717) is 29.4 Å². The Kier molecular flexibility index (Phi) is 8.88. The van der Waals surface area contributed by atoms with Crippen LogP contribution in [0.5, 0.6) is 5.75 Å². The molecular formula is C30H34ClNO5S2. The highest BCUT2D eigenvalue weighted by molar-refractivity contribution is 8.00. The van der Waals surface area contributed by atoms with Gasteiger partial charge in [0.2, 0.25) is 0 Å². The van der Waals surface area contributed by atoms with Gasteiger partial charge in [0.1, 0.15) is 5.75 Å². The van der Waals surface area contributed by atoms with E-state index in [1.165, 1.54) is 0 Å². The molecule has 39 heavy (non-hydrogen) atoms. The van der Waals surface area contributed by atoms with Crippen molar-refractivity contribution in [2.75, 3.05) is 12.9 Å². The van der Waals surface area contributed by atoms with Crippen LogP contribution < -0.4 is 4.74 Å². The molecule has 2 fully saturated rings. The van der Waals surface area contributed by atoms with Crippen LogP contribution in [0.25, 0.3) is 11.1 Å². The van der Waals surface area contributed by atoms with Crippen molar-refractivity contribution in [2.45, 2.75) is 73.9 Å². The van der Waals surface area contributed by atoms with Crippen LogP contribution in [0.1, 0.15) is 56.6 Å². The molecule has 6 nitrogen and oxygen atoms in total. The number of hydrogen-bond acceptors (Lipinski definition) is 7. The molecule has 2 aliphatic carbocycles. The Labute approximate surface area is 240 Å². The predicted molar refractivity (Wildman–Crippen MR) is 156 cm³/mol. The van der Waals surface area contributed by atoms with Gasteiger partial charge in [-0.25, -0.2) is 0 Å². The molecule has 0 aliphatic heterocycles. The molecule has 0 spiro atoms. The van der Waals surface area contributed by atoms with Crippen LogP contribution in [-0.2, 0) is 31.2 Å². The maximum absolute atomic E-state index is 11.1. The first-order chi connectivity index (χ1) is 18.7. The molecule has 2 aliphatic rings. The summed E-state index contributed by atoms with van der Waals surface area (Å²) in [6.07, 6.45) is 10.7. The van der Waals surface area contributed by atoms with Crippen molar-refractivity contribution in [3.8, 4) is 16.9 Å². The van der Waals surface area contributed by atoms with E-state index in [1.54, 1.807) is 11.8 Å². The molecule has 9 heteroatoms.